The van der Waals surface area contributed by atoms with Gasteiger partial charge in [0.15, 0.2) is 0 Å². The number of aliphatic hydroxyl groups is 1. The summed E-state index contributed by atoms with van der Waals surface area (Å²) in [4.78, 5) is 11.8. The van der Waals surface area contributed by atoms with Gasteiger partial charge in [0.1, 0.15) is 0 Å². The molecular formula is C13H18N2O3. The van der Waals surface area contributed by atoms with Gasteiger partial charge in [0.05, 0.1) is 25.3 Å². The number of benzene rings is 1. The van der Waals surface area contributed by atoms with Crippen molar-refractivity contribution in [3.05, 3.63) is 35.9 Å². The molecule has 0 aliphatic carbocycles. The van der Waals surface area contributed by atoms with Gasteiger partial charge in [-0.05, 0) is 12.0 Å². The zero-order valence-corrected chi connectivity index (χ0v) is 10.1. The summed E-state index contributed by atoms with van der Waals surface area (Å²) in [6, 6.07) is 8.82. The number of amides is 2. The fourth-order valence-electron chi connectivity index (χ4n) is 1.95. The average molecular weight is 250 g/mol. The van der Waals surface area contributed by atoms with Crippen LogP contribution in [0, 0.1) is 0 Å². The Hall–Kier alpha value is -1.59. The molecule has 2 atom stereocenters. The molecule has 0 radical (unpaired) electrons. The number of aliphatic hydroxyl groups excluding tert-OH is 1. The van der Waals surface area contributed by atoms with E-state index in [9.17, 15) is 9.90 Å². The van der Waals surface area contributed by atoms with Gasteiger partial charge in [-0.15, -0.1) is 0 Å². The second kappa shape index (κ2) is 6.37. The maximum absolute atomic E-state index is 11.8. The van der Waals surface area contributed by atoms with E-state index in [0.29, 0.717) is 13.2 Å². The number of urea groups is 1. The summed E-state index contributed by atoms with van der Waals surface area (Å²) >= 11 is 0. The molecule has 1 aromatic carbocycles. The normalized spacial score (nSPS) is 20.4. The topological polar surface area (TPSA) is 70.6 Å². The Balaban J connectivity index is 1.87. The molecule has 5 nitrogen and oxygen atoms in total. The summed E-state index contributed by atoms with van der Waals surface area (Å²) in [6.07, 6.45) is 0.836. The molecule has 98 valence electrons. The van der Waals surface area contributed by atoms with Crippen LogP contribution in [0.25, 0.3) is 0 Å². The fraction of sp³-hybridized carbons (Fsp3) is 0.462. The maximum atomic E-state index is 11.8. The van der Waals surface area contributed by atoms with E-state index in [4.69, 9.17) is 4.74 Å². The van der Waals surface area contributed by atoms with Crippen LogP contribution in [0.4, 0.5) is 4.79 Å². The number of hydrogen-bond acceptors (Lipinski definition) is 3. The van der Waals surface area contributed by atoms with E-state index >= 15 is 0 Å². The van der Waals surface area contributed by atoms with E-state index in [0.717, 1.165) is 12.0 Å². The molecule has 1 aliphatic rings. The molecule has 0 spiro atoms. The third kappa shape index (κ3) is 3.45. The number of rotatable bonds is 4. The van der Waals surface area contributed by atoms with E-state index in [1.54, 1.807) is 0 Å². The molecule has 0 saturated carbocycles. The summed E-state index contributed by atoms with van der Waals surface area (Å²) in [5, 5.41) is 14.9. The highest BCUT2D eigenvalue weighted by Crippen LogP contribution is 2.11. The Bertz CT molecular complexity index is 377. The molecule has 1 aromatic rings. The SMILES string of the molecule is O=C(NC1CCOC1)N[C@@H](CO)c1ccccc1. The maximum Gasteiger partial charge on any atom is 0.315 e. The van der Waals surface area contributed by atoms with Crippen molar-refractivity contribution in [2.24, 2.45) is 0 Å². The highest BCUT2D eigenvalue weighted by Gasteiger charge is 2.19. The third-order valence-electron chi connectivity index (χ3n) is 2.95. The molecule has 1 saturated heterocycles. The first-order valence-corrected chi connectivity index (χ1v) is 6.10. The van der Waals surface area contributed by atoms with Crippen LogP contribution in [0.3, 0.4) is 0 Å². The van der Waals surface area contributed by atoms with Gasteiger partial charge in [0.25, 0.3) is 0 Å². The average Bonchev–Trinajstić information content (AvgIpc) is 2.90. The Morgan fingerprint density at radius 2 is 2.22 bits per heavy atom. The zero-order valence-electron chi connectivity index (χ0n) is 10.1. The third-order valence-corrected chi connectivity index (χ3v) is 2.95. The van der Waals surface area contributed by atoms with Crippen LogP contribution in [0.2, 0.25) is 0 Å². The summed E-state index contributed by atoms with van der Waals surface area (Å²) in [7, 11) is 0. The molecule has 5 heteroatoms. The van der Waals surface area contributed by atoms with Crippen molar-refractivity contribution >= 4 is 6.03 Å². The Morgan fingerprint density at radius 1 is 1.44 bits per heavy atom. The molecular weight excluding hydrogens is 232 g/mol. The summed E-state index contributed by atoms with van der Waals surface area (Å²) in [5.74, 6) is 0. The smallest absolute Gasteiger partial charge is 0.315 e. The lowest BCUT2D eigenvalue weighted by atomic mass is 10.1. The summed E-state index contributed by atoms with van der Waals surface area (Å²) in [5.41, 5.74) is 0.887. The van der Waals surface area contributed by atoms with Crippen LogP contribution in [0.15, 0.2) is 30.3 Å². The number of ether oxygens (including phenoxy) is 1. The number of carbonyl (C=O) groups excluding carboxylic acids is 1. The molecule has 0 bridgehead atoms. The Kier molecular flexibility index (Phi) is 4.55. The minimum absolute atomic E-state index is 0.0696. The van der Waals surface area contributed by atoms with Gasteiger partial charge in [-0.2, -0.15) is 0 Å². The molecule has 3 N–H and O–H groups in total. The number of nitrogens with one attached hydrogen (secondary N) is 2. The molecule has 2 rings (SSSR count). The van der Waals surface area contributed by atoms with Crippen LogP contribution in [0.1, 0.15) is 18.0 Å². The fourth-order valence-corrected chi connectivity index (χ4v) is 1.95. The minimum Gasteiger partial charge on any atom is -0.394 e. The minimum atomic E-state index is -0.381. The van der Waals surface area contributed by atoms with Gasteiger partial charge in [-0.1, -0.05) is 30.3 Å². The monoisotopic (exact) mass is 250 g/mol. The van der Waals surface area contributed by atoms with Gasteiger partial charge < -0.3 is 20.5 Å². The molecule has 18 heavy (non-hydrogen) atoms. The van der Waals surface area contributed by atoms with Crippen molar-refractivity contribution in [1.82, 2.24) is 10.6 Å². The lowest BCUT2D eigenvalue weighted by molar-refractivity contribution is 0.186. The van der Waals surface area contributed by atoms with Gasteiger partial charge in [0.2, 0.25) is 0 Å². The zero-order chi connectivity index (χ0) is 12.8. The van der Waals surface area contributed by atoms with E-state index in [1.807, 2.05) is 30.3 Å². The Labute approximate surface area is 106 Å². The van der Waals surface area contributed by atoms with E-state index in [-0.39, 0.29) is 24.7 Å². The summed E-state index contributed by atoms with van der Waals surface area (Å²) < 4.78 is 5.18. The first-order chi connectivity index (χ1) is 8.79. The van der Waals surface area contributed by atoms with Crippen LogP contribution in [-0.4, -0.2) is 37.0 Å². The van der Waals surface area contributed by atoms with Gasteiger partial charge >= 0.3 is 6.03 Å². The quantitative estimate of drug-likeness (QED) is 0.740. The van der Waals surface area contributed by atoms with Crippen LogP contribution in [0.5, 0.6) is 0 Å². The highest BCUT2D eigenvalue weighted by atomic mass is 16.5. The molecule has 0 aromatic heterocycles. The first kappa shape index (κ1) is 12.9. The highest BCUT2D eigenvalue weighted by molar-refractivity contribution is 5.74. The van der Waals surface area contributed by atoms with Crippen LogP contribution < -0.4 is 10.6 Å². The van der Waals surface area contributed by atoms with Crippen LogP contribution >= 0.6 is 0 Å². The van der Waals surface area contributed by atoms with Crippen molar-refractivity contribution in [2.75, 3.05) is 19.8 Å². The predicted octanol–water partition coefficient (Wildman–Crippen LogP) is 0.808. The largest absolute Gasteiger partial charge is 0.394 e. The summed E-state index contributed by atoms with van der Waals surface area (Å²) in [6.45, 7) is 1.12. The van der Waals surface area contributed by atoms with Crippen molar-refractivity contribution < 1.29 is 14.6 Å². The van der Waals surface area contributed by atoms with Gasteiger partial charge in [0, 0.05) is 6.61 Å². The molecule has 1 fully saturated rings. The van der Waals surface area contributed by atoms with Crippen molar-refractivity contribution in [3.63, 3.8) is 0 Å². The van der Waals surface area contributed by atoms with Gasteiger partial charge in [-0.3, -0.25) is 0 Å². The Morgan fingerprint density at radius 3 is 2.83 bits per heavy atom. The first-order valence-electron chi connectivity index (χ1n) is 6.10. The molecule has 2 amide bonds. The number of hydrogen-bond donors (Lipinski definition) is 3. The van der Waals surface area contributed by atoms with Crippen molar-refractivity contribution in [1.29, 1.82) is 0 Å². The van der Waals surface area contributed by atoms with E-state index in [2.05, 4.69) is 10.6 Å². The second-order valence-corrected chi connectivity index (χ2v) is 4.32. The molecule has 1 heterocycles. The van der Waals surface area contributed by atoms with E-state index in [1.165, 1.54) is 0 Å². The van der Waals surface area contributed by atoms with E-state index < -0.39 is 0 Å². The van der Waals surface area contributed by atoms with Crippen LogP contribution in [-0.2, 0) is 4.74 Å². The standard InChI is InChI=1S/C13H18N2O3/c16-8-12(10-4-2-1-3-5-10)15-13(17)14-11-6-7-18-9-11/h1-5,11-12,16H,6-9H2,(H2,14,15,17)/t11?,12-/m0/s1. The molecule has 1 unspecified atom stereocenters. The number of carbonyl (C=O) groups is 1. The van der Waals surface area contributed by atoms with Gasteiger partial charge in [-0.25, -0.2) is 4.79 Å². The predicted molar refractivity (Wildman–Crippen MR) is 67.2 cm³/mol. The van der Waals surface area contributed by atoms with Crippen molar-refractivity contribution in [2.45, 2.75) is 18.5 Å². The lowest BCUT2D eigenvalue weighted by Crippen LogP contribution is -2.44. The second-order valence-electron chi connectivity index (χ2n) is 4.32. The van der Waals surface area contributed by atoms with Crippen molar-refractivity contribution in [3.8, 4) is 0 Å². The lowest BCUT2D eigenvalue weighted by Gasteiger charge is -2.19. The molecule has 1 aliphatic heterocycles.